The van der Waals surface area contributed by atoms with Crippen molar-refractivity contribution < 1.29 is 19.8 Å². The highest BCUT2D eigenvalue weighted by Gasteiger charge is 2.14. The number of hydrogen-bond acceptors (Lipinski definition) is 3. The summed E-state index contributed by atoms with van der Waals surface area (Å²) < 4.78 is 0.621. The van der Waals surface area contributed by atoms with E-state index in [1.54, 1.807) is 6.07 Å². The Kier molecular flexibility index (Phi) is 4.50. The van der Waals surface area contributed by atoms with Crippen LogP contribution in [0.15, 0.2) is 40.9 Å². The minimum absolute atomic E-state index is 0.00633. The molecule has 7 heteroatoms. The molecule has 1 amide bonds. The second-order valence-corrected chi connectivity index (χ2v) is 5.44. The van der Waals surface area contributed by atoms with Gasteiger partial charge in [0.25, 0.3) is 5.91 Å². The van der Waals surface area contributed by atoms with Crippen molar-refractivity contribution in [1.82, 2.24) is 0 Å². The van der Waals surface area contributed by atoms with Gasteiger partial charge >= 0.3 is 5.97 Å². The molecule has 21 heavy (non-hydrogen) atoms. The maximum absolute atomic E-state index is 12.1. The van der Waals surface area contributed by atoms with E-state index in [2.05, 4.69) is 21.2 Å². The summed E-state index contributed by atoms with van der Waals surface area (Å²) in [6.07, 6.45) is 0. The molecule has 0 saturated heterocycles. The molecule has 0 fully saturated rings. The first-order chi connectivity index (χ1) is 9.88. The predicted molar refractivity (Wildman–Crippen MR) is 82.2 cm³/mol. The van der Waals surface area contributed by atoms with Gasteiger partial charge in [-0.2, -0.15) is 0 Å². The Hall–Kier alpha value is -2.05. The Balaban J connectivity index is 2.33. The fourth-order valence-electron chi connectivity index (χ4n) is 1.63. The SMILES string of the molecule is O=C(O)c1ccc(Cl)c(NC(=O)c2cc(Br)ccc2O)c1. The molecular weight excluding hydrogens is 362 g/mol. The zero-order valence-corrected chi connectivity index (χ0v) is 12.8. The molecule has 0 radical (unpaired) electrons. The van der Waals surface area contributed by atoms with E-state index in [1.807, 2.05) is 0 Å². The number of rotatable bonds is 3. The lowest BCUT2D eigenvalue weighted by atomic mass is 10.1. The number of aromatic carboxylic acids is 1. The van der Waals surface area contributed by atoms with Crippen LogP contribution in [0.3, 0.4) is 0 Å². The second kappa shape index (κ2) is 6.15. The van der Waals surface area contributed by atoms with Gasteiger partial charge in [-0.1, -0.05) is 27.5 Å². The molecule has 108 valence electrons. The van der Waals surface area contributed by atoms with Crippen LogP contribution < -0.4 is 5.32 Å². The summed E-state index contributed by atoms with van der Waals surface area (Å²) >= 11 is 9.12. The number of phenolic OH excluding ortho intramolecular Hbond substituents is 1. The van der Waals surface area contributed by atoms with Gasteiger partial charge in [-0.15, -0.1) is 0 Å². The van der Waals surface area contributed by atoms with E-state index in [9.17, 15) is 14.7 Å². The van der Waals surface area contributed by atoms with Gasteiger partial charge in [0.2, 0.25) is 0 Å². The number of benzene rings is 2. The van der Waals surface area contributed by atoms with Crippen molar-refractivity contribution in [3.63, 3.8) is 0 Å². The number of nitrogens with one attached hydrogen (secondary N) is 1. The molecule has 0 unspecified atom stereocenters. The summed E-state index contributed by atoms with van der Waals surface area (Å²) in [4.78, 5) is 23.0. The Morgan fingerprint density at radius 1 is 1.14 bits per heavy atom. The van der Waals surface area contributed by atoms with Crippen molar-refractivity contribution in [2.75, 3.05) is 5.32 Å². The van der Waals surface area contributed by atoms with Crippen molar-refractivity contribution in [3.8, 4) is 5.75 Å². The first-order valence-corrected chi connectivity index (χ1v) is 6.88. The maximum Gasteiger partial charge on any atom is 0.335 e. The molecule has 0 heterocycles. The highest BCUT2D eigenvalue weighted by Crippen LogP contribution is 2.26. The van der Waals surface area contributed by atoms with E-state index in [1.165, 1.54) is 30.3 Å². The van der Waals surface area contributed by atoms with E-state index in [0.29, 0.717) is 4.47 Å². The third kappa shape index (κ3) is 3.53. The molecule has 2 aromatic carbocycles. The quantitative estimate of drug-likeness (QED) is 0.768. The largest absolute Gasteiger partial charge is 0.507 e. The first kappa shape index (κ1) is 15.3. The van der Waals surface area contributed by atoms with Gasteiger partial charge in [-0.05, 0) is 36.4 Å². The second-order valence-electron chi connectivity index (χ2n) is 4.12. The Morgan fingerprint density at radius 2 is 1.86 bits per heavy atom. The average molecular weight is 371 g/mol. The molecule has 2 rings (SSSR count). The van der Waals surface area contributed by atoms with Crippen molar-refractivity contribution in [2.45, 2.75) is 0 Å². The molecule has 0 aromatic heterocycles. The van der Waals surface area contributed by atoms with Crippen LogP contribution in [0, 0.1) is 0 Å². The van der Waals surface area contributed by atoms with Crippen molar-refractivity contribution >= 4 is 45.1 Å². The highest BCUT2D eigenvalue weighted by atomic mass is 79.9. The number of phenols is 1. The van der Waals surface area contributed by atoms with Crippen molar-refractivity contribution in [1.29, 1.82) is 0 Å². The fourth-order valence-corrected chi connectivity index (χ4v) is 2.16. The fraction of sp³-hybridized carbons (Fsp3) is 0. The Labute approximate surface area is 133 Å². The molecule has 0 spiro atoms. The molecule has 0 saturated carbocycles. The van der Waals surface area contributed by atoms with Crippen LogP contribution in [0.2, 0.25) is 5.02 Å². The molecule has 0 aliphatic heterocycles. The predicted octanol–water partition coefficient (Wildman–Crippen LogP) is 3.76. The number of aromatic hydroxyl groups is 1. The van der Waals surface area contributed by atoms with Crippen LogP contribution in [0.4, 0.5) is 5.69 Å². The number of amides is 1. The lowest BCUT2D eigenvalue weighted by Gasteiger charge is -2.09. The van der Waals surface area contributed by atoms with E-state index >= 15 is 0 Å². The van der Waals surface area contributed by atoms with E-state index in [0.717, 1.165) is 0 Å². The van der Waals surface area contributed by atoms with Crippen LogP contribution in [0.5, 0.6) is 5.75 Å². The summed E-state index contributed by atoms with van der Waals surface area (Å²) in [6.45, 7) is 0. The summed E-state index contributed by atoms with van der Waals surface area (Å²) in [6, 6.07) is 8.36. The van der Waals surface area contributed by atoms with Gasteiger partial charge in [-0.25, -0.2) is 4.79 Å². The van der Waals surface area contributed by atoms with Crippen molar-refractivity contribution in [2.24, 2.45) is 0 Å². The number of hydrogen-bond donors (Lipinski definition) is 3. The lowest BCUT2D eigenvalue weighted by Crippen LogP contribution is -2.13. The molecular formula is C14H9BrClNO4. The molecule has 0 aliphatic carbocycles. The average Bonchev–Trinajstić information content (AvgIpc) is 2.43. The van der Waals surface area contributed by atoms with Crippen molar-refractivity contribution in [3.05, 3.63) is 57.0 Å². The summed E-state index contributed by atoms with van der Waals surface area (Å²) in [5.41, 5.74) is 0.190. The summed E-state index contributed by atoms with van der Waals surface area (Å²) in [5.74, 6) is -1.92. The van der Waals surface area contributed by atoms with E-state index in [-0.39, 0.29) is 27.6 Å². The van der Waals surface area contributed by atoms with Gasteiger partial charge in [0.15, 0.2) is 0 Å². The van der Waals surface area contributed by atoms with Gasteiger partial charge < -0.3 is 15.5 Å². The number of carboxylic acids is 1. The van der Waals surface area contributed by atoms with Gasteiger partial charge in [0, 0.05) is 4.47 Å². The number of halogens is 2. The Bertz CT molecular complexity index is 733. The topological polar surface area (TPSA) is 86.6 Å². The van der Waals surface area contributed by atoms with Gasteiger partial charge in [-0.3, -0.25) is 4.79 Å². The highest BCUT2D eigenvalue weighted by molar-refractivity contribution is 9.10. The van der Waals surface area contributed by atoms with Gasteiger partial charge in [0.05, 0.1) is 21.8 Å². The third-order valence-electron chi connectivity index (χ3n) is 2.66. The van der Waals surface area contributed by atoms with E-state index in [4.69, 9.17) is 16.7 Å². The summed E-state index contributed by atoms with van der Waals surface area (Å²) in [5, 5.41) is 21.3. The molecule has 3 N–H and O–H groups in total. The van der Waals surface area contributed by atoms with Crippen LogP contribution in [-0.4, -0.2) is 22.1 Å². The molecule has 0 atom stereocenters. The number of carboxylic acid groups (broad SMARTS) is 1. The smallest absolute Gasteiger partial charge is 0.335 e. The summed E-state index contributed by atoms with van der Waals surface area (Å²) in [7, 11) is 0. The van der Waals surface area contributed by atoms with Gasteiger partial charge in [0.1, 0.15) is 5.75 Å². The first-order valence-electron chi connectivity index (χ1n) is 5.71. The van der Waals surface area contributed by atoms with E-state index < -0.39 is 11.9 Å². The van der Waals surface area contributed by atoms with Crippen LogP contribution in [-0.2, 0) is 0 Å². The van der Waals surface area contributed by atoms with Crippen LogP contribution in [0.1, 0.15) is 20.7 Å². The monoisotopic (exact) mass is 369 g/mol. The lowest BCUT2D eigenvalue weighted by molar-refractivity contribution is 0.0696. The molecule has 2 aromatic rings. The zero-order chi connectivity index (χ0) is 15.6. The third-order valence-corrected chi connectivity index (χ3v) is 3.49. The molecule has 0 bridgehead atoms. The number of carbonyl (C=O) groups is 2. The zero-order valence-electron chi connectivity index (χ0n) is 10.4. The minimum Gasteiger partial charge on any atom is -0.507 e. The number of anilines is 1. The molecule has 5 nitrogen and oxygen atoms in total. The Morgan fingerprint density at radius 3 is 2.52 bits per heavy atom. The van der Waals surface area contributed by atoms with Crippen LogP contribution in [0.25, 0.3) is 0 Å². The maximum atomic E-state index is 12.1. The van der Waals surface area contributed by atoms with Crippen LogP contribution >= 0.6 is 27.5 Å². The number of carbonyl (C=O) groups excluding carboxylic acids is 1. The standard InChI is InChI=1S/C14H9BrClNO4/c15-8-2-4-12(18)9(6-8)13(19)17-11-5-7(14(20)21)1-3-10(11)16/h1-6,18H,(H,17,19)(H,20,21). The molecule has 0 aliphatic rings. The minimum atomic E-state index is -1.13. The normalized spacial score (nSPS) is 10.2.